The largest absolute Gasteiger partial charge is 0.548 e. The molecule has 0 aliphatic carbocycles. The van der Waals surface area contributed by atoms with Crippen LogP contribution < -0.4 is 30.6 Å². The third kappa shape index (κ3) is 196. The van der Waals surface area contributed by atoms with Crippen LogP contribution in [-0.4, -0.2) is 106 Å². The van der Waals surface area contributed by atoms with Crippen molar-refractivity contribution in [2.24, 2.45) is 0 Å². The monoisotopic (exact) mass is 688 g/mol. The van der Waals surface area contributed by atoms with Crippen LogP contribution in [0.25, 0.3) is 0 Å². The molecule has 18 nitrogen and oxygen atoms in total. The molecule has 0 heterocycles. The molecule has 0 saturated carbocycles. The van der Waals surface area contributed by atoms with Crippen LogP contribution in [0.3, 0.4) is 0 Å². The summed E-state index contributed by atoms with van der Waals surface area (Å²) in [6, 6.07) is 0. The van der Waals surface area contributed by atoms with Crippen molar-refractivity contribution in [2.45, 2.75) is 0 Å². The summed E-state index contributed by atoms with van der Waals surface area (Å²) < 4.78 is 0. The zero-order valence-electron chi connectivity index (χ0n) is 15.3. The number of aliphatic hydroxyl groups excluding tert-OH is 6. The Bertz CT molecular complexity index is 356. The second kappa shape index (κ2) is 41.9. The number of carboxylic acids is 6. The van der Waals surface area contributed by atoms with Crippen LogP contribution in [0.2, 0.25) is 0 Å². The summed E-state index contributed by atoms with van der Waals surface area (Å²) in [5.74, 6) is -8.64. The van der Waals surface area contributed by atoms with E-state index in [9.17, 15) is 0 Å². The van der Waals surface area contributed by atoms with E-state index in [1.165, 1.54) is 0 Å². The summed E-state index contributed by atoms with van der Waals surface area (Å²) in [6.45, 7) is -5.33. The van der Waals surface area contributed by atoms with E-state index in [2.05, 4.69) is 0 Å². The van der Waals surface area contributed by atoms with Gasteiger partial charge in [0, 0.05) is 31.1 Å². The topological polar surface area (TPSA) is 362 Å². The van der Waals surface area contributed by atoms with Crippen molar-refractivity contribution in [3.8, 4) is 0 Å². The van der Waals surface area contributed by atoms with Gasteiger partial charge in [-0.2, -0.15) is 0 Å². The predicted molar refractivity (Wildman–Crippen MR) is 72.6 cm³/mol. The van der Waals surface area contributed by atoms with E-state index < -0.39 is 75.5 Å². The first kappa shape index (κ1) is 46.7. The Morgan fingerprint density at radius 1 is 0.355 bits per heavy atom. The Kier molecular flexibility index (Phi) is 63.1. The van der Waals surface area contributed by atoms with Gasteiger partial charge in [-0.25, -0.2) is 0 Å². The number of hydrogen-bond acceptors (Lipinski definition) is 18. The molecule has 6 N–H and O–H groups in total. The number of hydrogen-bond donors (Lipinski definition) is 6. The molecule has 0 aliphatic rings. The molecule has 19 heteroatoms. The SMILES string of the molecule is O=C([O-])CO.O=C([O-])CO.O=C([O-])CO.O=C([O-])CO.O=C([O-])CO.O=C([O-])CO.[U]. The molecule has 0 fully saturated rings. The van der Waals surface area contributed by atoms with Gasteiger partial charge in [-0.15, -0.1) is 0 Å². The van der Waals surface area contributed by atoms with Crippen molar-refractivity contribution in [1.82, 2.24) is 0 Å². The average Bonchev–Trinajstić information content (AvgIpc) is 2.69. The maximum absolute atomic E-state index is 9.01. The van der Waals surface area contributed by atoms with E-state index in [0.29, 0.717) is 0 Å². The first-order valence-electron chi connectivity index (χ1n) is 6.47. The fraction of sp³-hybridized carbons (Fsp3) is 0.500. The van der Waals surface area contributed by atoms with Crippen molar-refractivity contribution >= 4 is 35.8 Å². The fourth-order valence-electron chi connectivity index (χ4n) is 0. The predicted octanol–water partition coefficient (Wildman–Crippen LogP) is -13.6. The number of carbonyl (C=O) groups is 6. The molecule has 0 aliphatic heterocycles. The fourth-order valence-corrected chi connectivity index (χ4v) is 0. The van der Waals surface area contributed by atoms with Gasteiger partial charge in [0.2, 0.25) is 0 Å². The van der Waals surface area contributed by atoms with Crippen LogP contribution in [0.15, 0.2) is 0 Å². The Morgan fingerprint density at radius 2 is 0.387 bits per heavy atom. The first-order chi connectivity index (χ1) is 13.6. The minimum absolute atomic E-state index is 0. The molecule has 0 amide bonds. The quantitative estimate of drug-likeness (QED) is 0.151. The van der Waals surface area contributed by atoms with E-state index in [4.69, 9.17) is 90.0 Å². The van der Waals surface area contributed by atoms with Gasteiger partial charge < -0.3 is 90.0 Å². The first-order valence-corrected chi connectivity index (χ1v) is 6.47. The molecular formula is C12H18O18U-6. The number of rotatable bonds is 6. The summed E-state index contributed by atoms with van der Waals surface area (Å²) in [5, 5.41) is 98.9. The van der Waals surface area contributed by atoms with Gasteiger partial charge in [-0.05, 0) is 0 Å². The summed E-state index contributed by atoms with van der Waals surface area (Å²) in [6.07, 6.45) is 0. The third-order valence-corrected chi connectivity index (χ3v) is 0.775. The molecular weight excluding hydrogens is 670 g/mol. The molecule has 0 radical (unpaired) electrons. The van der Waals surface area contributed by atoms with Gasteiger partial charge in [-0.1, -0.05) is 0 Å². The van der Waals surface area contributed by atoms with E-state index in [-0.39, 0.29) is 31.1 Å². The van der Waals surface area contributed by atoms with Crippen LogP contribution in [0.5, 0.6) is 0 Å². The summed E-state index contributed by atoms with van der Waals surface area (Å²) >= 11 is 0. The molecule has 31 heavy (non-hydrogen) atoms. The normalized spacial score (nSPS) is 7.16. The Labute approximate surface area is 196 Å². The van der Waals surface area contributed by atoms with Crippen LogP contribution >= 0.6 is 0 Å². The molecule has 0 spiro atoms. The van der Waals surface area contributed by atoms with E-state index in [1.807, 2.05) is 0 Å². The maximum atomic E-state index is 9.01. The molecule has 184 valence electrons. The molecule has 0 aromatic carbocycles. The van der Waals surface area contributed by atoms with Gasteiger partial charge in [0.05, 0.1) is 75.5 Å². The minimum atomic E-state index is -1.44. The van der Waals surface area contributed by atoms with E-state index >= 15 is 0 Å². The van der Waals surface area contributed by atoms with Gasteiger partial charge in [0.15, 0.2) is 0 Å². The van der Waals surface area contributed by atoms with Crippen LogP contribution in [0.4, 0.5) is 0 Å². The Morgan fingerprint density at radius 3 is 0.387 bits per heavy atom. The number of aliphatic carboxylic acids is 6. The van der Waals surface area contributed by atoms with Crippen molar-refractivity contribution < 1.29 is 121 Å². The molecule has 0 unspecified atom stereocenters. The molecule has 0 atom stereocenters. The second-order valence-corrected chi connectivity index (χ2v) is 3.18. The third-order valence-electron chi connectivity index (χ3n) is 0.775. The van der Waals surface area contributed by atoms with E-state index in [1.54, 1.807) is 0 Å². The summed E-state index contributed by atoms with van der Waals surface area (Å²) in [7, 11) is 0. The smallest absolute Gasteiger partial charge is 0.0826 e. The maximum Gasteiger partial charge on any atom is 0.0826 e. The van der Waals surface area contributed by atoms with Crippen molar-refractivity contribution in [2.75, 3.05) is 39.6 Å². The zero-order chi connectivity index (χ0) is 25.7. The van der Waals surface area contributed by atoms with Gasteiger partial charge >= 0.3 is 0 Å². The molecule has 0 saturated heterocycles. The van der Waals surface area contributed by atoms with Crippen LogP contribution in [-0.2, 0) is 28.8 Å². The number of carboxylic acid groups (broad SMARTS) is 6. The van der Waals surface area contributed by atoms with Crippen molar-refractivity contribution in [1.29, 1.82) is 0 Å². The molecule has 0 aromatic heterocycles. The average molecular weight is 688 g/mol. The summed E-state index contributed by atoms with van der Waals surface area (Å²) in [5.41, 5.74) is 0. The summed E-state index contributed by atoms with van der Waals surface area (Å²) in [4.78, 5) is 54.0. The molecule has 0 rings (SSSR count). The molecule has 0 bridgehead atoms. The van der Waals surface area contributed by atoms with Crippen molar-refractivity contribution in [3.05, 3.63) is 0 Å². The zero-order valence-corrected chi connectivity index (χ0v) is 19.5. The van der Waals surface area contributed by atoms with Crippen LogP contribution in [0, 0.1) is 31.1 Å². The number of aliphatic hydroxyl groups is 6. The van der Waals surface area contributed by atoms with Gasteiger partial charge in [-0.3, -0.25) is 0 Å². The number of carbonyl (C=O) groups excluding carboxylic acids is 6. The Hall–Kier alpha value is -2.37. The van der Waals surface area contributed by atoms with Crippen molar-refractivity contribution in [3.63, 3.8) is 0 Å². The Balaban J connectivity index is -0.0000000443. The van der Waals surface area contributed by atoms with Gasteiger partial charge in [0.25, 0.3) is 0 Å². The molecule has 0 aromatic rings. The van der Waals surface area contributed by atoms with Gasteiger partial charge in [0.1, 0.15) is 0 Å². The van der Waals surface area contributed by atoms with E-state index in [0.717, 1.165) is 0 Å². The van der Waals surface area contributed by atoms with Crippen LogP contribution in [0.1, 0.15) is 0 Å². The minimum Gasteiger partial charge on any atom is -0.548 e. The standard InChI is InChI=1S/6C2H4O3.U/c6*3-1-2(4)5;/h6*3H,1H2,(H,4,5);/p-6. The second-order valence-electron chi connectivity index (χ2n) is 3.18.